The number of hydrogen-bond donors (Lipinski definition) is 2. The van der Waals surface area contributed by atoms with E-state index in [1.807, 2.05) is 0 Å². The molecule has 98 valence electrons. The Hall–Kier alpha value is -0.770. The molecule has 1 unspecified atom stereocenters. The smallest absolute Gasteiger partial charge is 0.404 e. The molecule has 0 radical (unpaired) electrons. The largest absolute Gasteiger partial charge is 0.450 e. The van der Waals surface area contributed by atoms with Crippen molar-refractivity contribution in [3.63, 3.8) is 0 Å². The van der Waals surface area contributed by atoms with Gasteiger partial charge >= 0.3 is 6.09 Å². The molecule has 0 aliphatic carbocycles. The molecule has 0 saturated heterocycles. The average molecular weight is 233 g/mol. The molecule has 0 aromatic rings. The van der Waals surface area contributed by atoms with Crippen molar-refractivity contribution in [1.82, 2.24) is 0 Å². The predicted molar refractivity (Wildman–Crippen MR) is 66.1 cm³/mol. The number of rotatable bonds is 6. The molecular formula is C12H27NO3. The first-order valence-electron chi connectivity index (χ1n) is 6.00. The molecule has 0 saturated carbocycles. The highest BCUT2D eigenvalue weighted by Gasteiger charge is 2.07. The molecule has 0 aliphatic heterocycles. The SMILES string of the molecule is CCCC(CO)CC(C)C.CCOC(N)=O. The Balaban J connectivity index is 0. The van der Waals surface area contributed by atoms with Crippen molar-refractivity contribution in [3.05, 3.63) is 0 Å². The molecule has 0 bridgehead atoms. The molecule has 0 heterocycles. The number of aliphatic hydroxyl groups is 1. The van der Waals surface area contributed by atoms with Gasteiger partial charge in [-0.3, -0.25) is 0 Å². The van der Waals surface area contributed by atoms with E-state index in [2.05, 4.69) is 31.2 Å². The second kappa shape index (κ2) is 12.3. The van der Waals surface area contributed by atoms with Gasteiger partial charge in [-0.25, -0.2) is 4.79 Å². The average Bonchev–Trinajstić information content (AvgIpc) is 2.17. The summed E-state index contributed by atoms with van der Waals surface area (Å²) < 4.78 is 4.18. The third-order valence-corrected chi connectivity index (χ3v) is 2.05. The summed E-state index contributed by atoms with van der Waals surface area (Å²) in [5.41, 5.74) is 4.54. The van der Waals surface area contributed by atoms with Gasteiger partial charge in [0.05, 0.1) is 6.61 Å². The van der Waals surface area contributed by atoms with Crippen LogP contribution in [-0.4, -0.2) is 24.4 Å². The molecule has 16 heavy (non-hydrogen) atoms. The summed E-state index contributed by atoms with van der Waals surface area (Å²) in [6, 6.07) is 0. The Kier molecular flexibility index (Phi) is 13.5. The number of carbonyl (C=O) groups is 1. The van der Waals surface area contributed by atoms with Crippen LogP contribution in [0.25, 0.3) is 0 Å². The van der Waals surface area contributed by atoms with Gasteiger partial charge in [0.2, 0.25) is 0 Å². The van der Waals surface area contributed by atoms with Crippen LogP contribution in [0.4, 0.5) is 4.79 Å². The lowest BCUT2D eigenvalue weighted by atomic mass is 9.94. The van der Waals surface area contributed by atoms with E-state index >= 15 is 0 Å². The monoisotopic (exact) mass is 233 g/mol. The fourth-order valence-corrected chi connectivity index (χ4v) is 1.50. The quantitative estimate of drug-likeness (QED) is 0.740. The van der Waals surface area contributed by atoms with E-state index in [1.165, 1.54) is 19.3 Å². The molecule has 0 fully saturated rings. The summed E-state index contributed by atoms with van der Waals surface area (Å²) in [6.07, 6.45) is 2.83. The number of amides is 1. The van der Waals surface area contributed by atoms with Crippen LogP contribution in [0.15, 0.2) is 0 Å². The summed E-state index contributed by atoms with van der Waals surface area (Å²) in [4.78, 5) is 9.60. The second-order valence-electron chi connectivity index (χ2n) is 4.22. The van der Waals surface area contributed by atoms with E-state index in [0.29, 0.717) is 19.1 Å². The first-order valence-corrected chi connectivity index (χ1v) is 6.00. The van der Waals surface area contributed by atoms with Crippen molar-refractivity contribution in [2.75, 3.05) is 13.2 Å². The zero-order chi connectivity index (χ0) is 13.0. The molecule has 0 rings (SSSR count). The maximum Gasteiger partial charge on any atom is 0.404 e. The maximum atomic E-state index is 9.60. The zero-order valence-electron chi connectivity index (χ0n) is 11.0. The van der Waals surface area contributed by atoms with Gasteiger partial charge in [0.15, 0.2) is 0 Å². The van der Waals surface area contributed by atoms with Crippen molar-refractivity contribution in [2.24, 2.45) is 17.6 Å². The van der Waals surface area contributed by atoms with Crippen LogP contribution in [-0.2, 0) is 4.74 Å². The molecule has 1 atom stereocenters. The van der Waals surface area contributed by atoms with Gasteiger partial charge < -0.3 is 15.6 Å². The maximum absolute atomic E-state index is 9.60. The van der Waals surface area contributed by atoms with Gasteiger partial charge in [0.1, 0.15) is 0 Å². The summed E-state index contributed by atoms with van der Waals surface area (Å²) in [6.45, 7) is 9.01. The number of nitrogens with two attached hydrogens (primary N) is 1. The number of aliphatic hydroxyl groups excluding tert-OH is 1. The van der Waals surface area contributed by atoms with Crippen LogP contribution in [0.2, 0.25) is 0 Å². The lowest BCUT2D eigenvalue weighted by molar-refractivity contribution is 0.163. The van der Waals surface area contributed by atoms with Gasteiger partial charge in [-0.2, -0.15) is 0 Å². The molecule has 3 N–H and O–H groups in total. The first kappa shape index (κ1) is 17.6. The van der Waals surface area contributed by atoms with Crippen LogP contribution in [0.5, 0.6) is 0 Å². The van der Waals surface area contributed by atoms with Gasteiger partial charge in [-0.05, 0) is 31.6 Å². The van der Waals surface area contributed by atoms with Gasteiger partial charge in [0, 0.05) is 6.61 Å². The Morgan fingerprint density at radius 2 is 1.94 bits per heavy atom. The van der Waals surface area contributed by atoms with E-state index < -0.39 is 6.09 Å². The van der Waals surface area contributed by atoms with Crippen molar-refractivity contribution >= 4 is 6.09 Å². The predicted octanol–water partition coefficient (Wildman–Crippen LogP) is 2.54. The highest BCUT2D eigenvalue weighted by atomic mass is 16.5. The Morgan fingerprint density at radius 1 is 1.38 bits per heavy atom. The Bertz CT molecular complexity index is 160. The summed E-state index contributed by atoms with van der Waals surface area (Å²) in [7, 11) is 0. The van der Waals surface area contributed by atoms with Gasteiger partial charge in [0.25, 0.3) is 0 Å². The normalized spacial score (nSPS) is 11.6. The molecule has 4 nitrogen and oxygen atoms in total. The van der Waals surface area contributed by atoms with Crippen molar-refractivity contribution in [1.29, 1.82) is 0 Å². The molecular weight excluding hydrogens is 206 g/mol. The van der Waals surface area contributed by atoms with Crippen LogP contribution in [0.1, 0.15) is 47.0 Å². The summed E-state index contributed by atoms with van der Waals surface area (Å²) in [5.74, 6) is 1.27. The van der Waals surface area contributed by atoms with Crippen molar-refractivity contribution in [3.8, 4) is 0 Å². The van der Waals surface area contributed by atoms with Gasteiger partial charge in [-0.15, -0.1) is 0 Å². The highest BCUT2D eigenvalue weighted by Crippen LogP contribution is 2.15. The zero-order valence-corrected chi connectivity index (χ0v) is 11.0. The number of hydrogen-bond acceptors (Lipinski definition) is 3. The molecule has 1 amide bonds. The fourth-order valence-electron chi connectivity index (χ4n) is 1.50. The van der Waals surface area contributed by atoms with E-state index in [9.17, 15) is 4.79 Å². The molecule has 0 aliphatic rings. The van der Waals surface area contributed by atoms with Crippen LogP contribution in [0.3, 0.4) is 0 Å². The van der Waals surface area contributed by atoms with Crippen LogP contribution in [0, 0.1) is 11.8 Å². The van der Waals surface area contributed by atoms with E-state index in [-0.39, 0.29) is 0 Å². The van der Waals surface area contributed by atoms with Crippen molar-refractivity contribution < 1.29 is 14.6 Å². The summed E-state index contributed by atoms with van der Waals surface area (Å²) >= 11 is 0. The lowest BCUT2D eigenvalue weighted by Gasteiger charge is -2.14. The minimum Gasteiger partial charge on any atom is -0.450 e. The van der Waals surface area contributed by atoms with Gasteiger partial charge in [-0.1, -0.05) is 27.2 Å². The lowest BCUT2D eigenvalue weighted by Crippen LogP contribution is -2.11. The Morgan fingerprint density at radius 3 is 2.12 bits per heavy atom. The third-order valence-electron chi connectivity index (χ3n) is 2.05. The minimum absolute atomic E-state index is 0.356. The molecule has 4 heteroatoms. The van der Waals surface area contributed by atoms with Crippen LogP contribution >= 0.6 is 0 Å². The standard InChI is InChI=1S/C9H20O.C3H7NO2/c1-4-5-9(7-10)6-8(2)3;1-2-6-3(4)5/h8-10H,4-7H2,1-3H3;2H2,1H3,(H2,4,5). The van der Waals surface area contributed by atoms with E-state index in [1.54, 1.807) is 6.92 Å². The van der Waals surface area contributed by atoms with E-state index in [4.69, 9.17) is 5.11 Å². The Labute approximate surface area is 99.2 Å². The first-order chi connectivity index (χ1) is 7.47. The number of primary amides is 1. The third kappa shape index (κ3) is 15.7. The minimum atomic E-state index is -0.711. The fraction of sp³-hybridized carbons (Fsp3) is 0.917. The van der Waals surface area contributed by atoms with Crippen LogP contribution < -0.4 is 5.73 Å². The molecule has 0 aromatic carbocycles. The number of ether oxygens (including phenoxy) is 1. The highest BCUT2D eigenvalue weighted by molar-refractivity contribution is 5.64. The molecule has 0 aromatic heterocycles. The topological polar surface area (TPSA) is 72.6 Å². The summed E-state index contributed by atoms with van der Waals surface area (Å²) in [5, 5.41) is 8.91. The number of carbonyl (C=O) groups excluding carboxylic acids is 1. The van der Waals surface area contributed by atoms with E-state index in [0.717, 1.165) is 5.92 Å². The second-order valence-corrected chi connectivity index (χ2v) is 4.22. The molecule has 0 spiro atoms. The van der Waals surface area contributed by atoms with Crippen molar-refractivity contribution in [2.45, 2.75) is 47.0 Å².